The van der Waals surface area contributed by atoms with E-state index >= 15 is 0 Å². The van der Waals surface area contributed by atoms with Crippen LogP contribution in [-0.4, -0.2) is 57.0 Å². The van der Waals surface area contributed by atoms with E-state index in [0.717, 1.165) is 23.6 Å². The predicted octanol–water partition coefficient (Wildman–Crippen LogP) is 3.33. The van der Waals surface area contributed by atoms with Gasteiger partial charge in [0.1, 0.15) is 17.0 Å². The highest BCUT2D eigenvalue weighted by molar-refractivity contribution is 6.03. The lowest BCUT2D eigenvalue weighted by atomic mass is 10.2. The van der Waals surface area contributed by atoms with Crippen molar-refractivity contribution in [3.05, 3.63) is 76.5 Å². The number of rotatable bonds is 5. The second-order valence-electron chi connectivity index (χ2n) is 7.69. The molecule has 0 saturated carbocycles. The van der Waals surface area contributed by atoms with E-state index < -0.39 is 4.92 Å². The molecule has 1 aliphatic rings. The van der Waals surface area contributed by atoms with Crippen LogP contribution < -0.4 is 10.2 Å². The summed E-state index contributed by atoms with van der Waals surface area (Å²) in [6.07, 6.45) is 0. The maximum absolute atomic E-state index is 12.7. The largest absolute Gasteiger partial charge is 0.426 e. The zero-order chi connectivity index (χ0) is 23.7. The average Bonchev–Trinajstić information content (AvgIpc) is 3.21. The Kier molecular flexibility index (Phi) is 5.52. The SMILES string of the molecule is O=C(Nc1ccc(-c2nc3ccc([N+](=O)[O-])cc3n2O)cc1)c1cccc(N2CCOCC2)n1. The van der Waals surface area contributed by atoms with Gasteiger partial charge in [-0.05, 0) is 42.5 Å². The topological polar surface area (TPSA) is 136 Å². The highest BCUT2D eigenvalue weighted by Crippen LogP contribution is 2.27. The first kappa shape index (κ1) is 21.3. The Labute approximate surface area is 193 Å². The quantitative estimate of drug-likeness (QED) is 0.263. The van der Waals surface area contributed by atoms with Gasteiger partial charge >= 0.3 is 0 Å². The summed E-state index contributed by atoms with van der Waals surface area (Å²) < 4.78 is 6.18. The van der Waals surface area contributed by atoms with Gasteiger partial charge in [0.05, 0.1) is 23.7 Å². The number of nitro benzene ring substituents is 1. The monoisotopic (exact) mass is 460 g/mol. The number of hydrogen-bond acceptors (Lipinski definition) is 8. The molecular formula is C23H20N6O5. The first-order valence-electron chi connectivity index (χ1n) is 10.6. The number of amides is 1. The summed E-state index contributed by atoms with van der Waals surface area (Å²) in [5.74, 6) is 0.617. The van der Waals surface area contributed by atoms with Crippen LogP contribution in [0.15, 0.2) is 60.7 Å². The van der Waals surface area contributed by atoms with Crippen LogP contribution in [0.5, 0.6) is 0 Å². The summed E-state index contributed by atoms with van der Waals surface area (Å²) in [7, 11) is 0. The van der Waals surface area contributed by atoms with Crippen LogP contribution in [-0.2, 0) is 4.74 Å². The van der Waals surface area contributed by atoms with Gasteiger partial charge in [0, 0.05) is 36.5 Å². The number of nitro groups is 1. The number of imidazole rings is 1. The minimum atomic E-state index is -0.533. The summed E-state index contributed by atoms with van der Waals surface area (Å²) in [5.41, 5.74) is 1.93. The summed E-state index contributed by atoms with van der Waals surface area (Å²) in [6.45, 7) is 2.71. The third-order valence-electron chi connectivity index (χ3n) is 5.53. The maximum atomic E-state index is 12.7. The van der Waals surface area contributed by atoms with E-state index in [1.807, 2.05) is 6.07 Å². The van der Waals surface area contributed by atoms with Gasteiger partial charge in [0.25, 0.3) is 11.6 Å². The number of benzene rings is 2. The minimum Gasteiger partial charge on any atom is -0.426 e. The van der Waals surface area contributed by atoms with Gasteiger partial charge in [0.15, 0.2) is 5.82 Å². The zero-order valence-corrected chi connectivity index (χ0v) is 17.9. The number of morpholine rings is 1. The van der Waals surface area contributed by atoms with E-state index in [0.29, 0.717) is 35.7 Å². The first-order valence-corrected chi connectivity index (χ1v) is 10.6. The molecule has 0 atom stereocenters. The number of pyridine rings is 1. The van der Waals surface area contributed by atoms with Crippen molar-refractivity contribution < 1.29 is 19.7 Å². The smallest absolute Gasteiger partial charge is 0.274 e. The van der Waals surface area contributed by atoms with Crippen LogP contribution in [0.4, 0.5) is 17.2 Å². The van der Waals surface area contributed by atoms with Crippen molar-refractivity contribution in [2.75, 3.05) is 36.5 Å². The van der Waals surface area contributed by atoms with Crippen LogP contribution in [0, 0.1) is 10.1 Å². The van der Waals surface area contributed by atoms with E-state index in [9.17, 15) is 20.1 Å². The molecule has 2 N–H and O–H groups in total. The zero-order valence-electron chi connectivity index (χ0n) is 17.9. The maximum Gasteiger partial charge on any atom is 0.274 e. The van der Waals surface area contributed by atoms with Crippen molar-refractivity contribution in [3.63, 3.8) is 0 Å². The van der Waals surface area contributed by atoms with Crippen molar-refractivity contribution in [2.45, 2.75) is 0 Å². The number of aromatic nitrogens is 3. The second kappa shape index (κ2) is 8.79. The van der Waals surface area contributed by atoms with Gasteiger partial charge in [-0.25, -0.2) is 9.97 Å². The Hall–Kier alpha value is -4.51. The Balaban J connectivity index is 1.33. The highest BCUT2D eigenvalue weighted by Gasteiger charge is 2.17. The number of ether oxygens (including phenoxy) is 1. The van der Waals surface area contributed by atoms with Crippen LogP contribution in [0.3, 0.4) is 0 Å². The normalized spacial score (nSPS) is 13.7. The lowest BCUT2D eigenvalue weighted by molar-refractivity contribution is -0.384. The molecule has 1 fully saturated rings. The standard InChI is InChI=1S/C23H20N6O5/c30-23(19-2-1-3-21(25-19)27-10-12-34-13-11-27)24-16-6-4-15(5-7-16)22-26-18-9-8-17(29(32)33)14-20(18)28(22)31/h1-9,14,31H,10-13H2,(H,24,30). The van der Waals surface area contributed by atoms with Crippen molar-refractivity contribution in [1.29, 1.82) is 0 Å². The molecule has 3 heterocycles. The van der Waals surface area contributed by atoms with Crippen molar-refractivity contribution in [2.24, 2.45) is 0 Å². The van der Waals surface area contributed by atoms with Crippen molar-refractivity contribution in [1.82, 2.24) is 14.7 Å². The summed E-state index contributed by atoms with van der Waals surface area (Å²) in [5, 5.41) is 24.3. The highest BCUT2D eigenvalue weighted by atomic mass is 16.6. The summed E-state index contributed by atoms with van der Waals surface area (Å²) in [4.78, 5) is 34.1. The Morgan fingerprint density at radius 3 is 2.56 bits per heavy atom. The molecule has 2 aromatic heterocycles. The fourth-order valence-electron chi connectivity index (χ4n) is 3.77. The average molecular weight is 460 g/mol. The molecule has 2 aromatic carbocycles. The molecule has 0 spiro atoms. The molecule has 11 nitrogen and oxygen atoms in total. The number of nitrogens with one attached hydrogen (secondary N) is 1. The molecule has 34 heavy (non-hydrogen) atoms. The van der Waals surface area contributed by atoms with Gasteiger partial charge in [-0.2, -0.15) is 4.73 Å². The number of carbonyl (C=O) groups excluding carboxylic acids is 1. The lowest BCUT2D eigenvalue weighted by Gasteiger charge is -2.27. The molecule has 0 radical (unpaired) electrons. The third-order valence-corrected chi connectivity index (χ3v) is 5.53. The number of nitrogens with zero attached hydrogens (tertiary/aromatic N) is 5. The third kappa shape index (κ3) is 4.11. The van der Waals surface area contributed by atoms with E-state index in [-0.39, 0.29) is 22.9 Å². The Bertz CT molecular complexity index is 1380. The Morgan fingerprint density at radius 1 is 1.06 bits per heavy atom. The number of hydrogen-bond donors (Lipinski definition) is 2. The molecular weight excluding hydrogens is 440 g/mol. The molecule has 4 aromatic rings. The van der Waals surface area contributed by atoms with Crippen LogP contribution in [0.1, 0.15) is 10.5 Å². The molecule has 1 amide bonds. The first-order chi connectivity index (χ1) is 16.5. The van der Waals surface area contributed by atoms with Gasteiger partial charge < -0.3 is 20.2 Å². The van der Waals surface area contributed by atoms with E-state index in [1.54, 1.807) is 36.4 Å². The summed E-state index contributed by atoms with van der Waals surface area (Å²) in [6, 6.07) is 16.1. The number of carbonyl (C=O) groups is 1. The van der Waals surface area contributed by atoms with Crippen molar-refractivity contribution >= 4 is 34.1 Å². The second-order valence-corrected chi connectivity index (χ2v) is 7.69. The minimum absolute atomic E-state index is 0.140. The molecule has 11 heteroatoms. The van der Waals surface area contributed by atoms with Crippen LogP contribution in [0.25, 0.3) is 22.4 Å². The molecule has 5 rings (SSSR count). The number of non-ortho nitro benzene ring substituents is 1. The van der Waals surface area contributed by atoms with Crippen molar-refractivity contribution in [3.8, 4) is 11.4 Å². The Morgan fingerprint density at radius 2 is 1.82 bits per heavy atom. The molecule has 1 saturated heterocycles. The fraction of sp³-hybridized carbons (Fsp3) is 0.174. The number of fused-ring (bicyclic) bond motifs is 1. The fourth-order valence-corrected chi connectivity index (χ4v) is 3.77. The van der Waals surface area contributed by atoms with Gasteiger partial charge in [-0.3, -0.25) is 14.9 Å². The lowest BCUT2D eigenvalue weighted by Crippen LogP contribution is -2.37. The van der Waals surface area contributed by atoms with Crippen LogP contribution >= 0.6 is 0 Å². The van der Waals surface area contributed by atoms with E-state index in [2.05, 4.69) is 20.2 Å². The molecule has 0 bridgehead atoms. The van der Waals surface area contributed by atoms with Gasteiger partial charge in [0.2, 0.25) is 0 Å². The molecule has 172 valence electrons. The van der Waals surface area contributed by atoms with E-state index in [4.69, 9.17) is 4.74 Å². The number of anilines is 2. The van der Waals surface area contributed by atoms with E-state index in [1.165, 1.54) is 18.2 Å². The summed E-state index contributed by atoms with van der Waals surface area (Å²) >= 11 is 0. The molecule has 0 aliphatic carbocycles. The van der Waals surface area contributed by atoms with Gasteiger partial charge in [-0.15, -0.1) is 0 Å². The molecule has 1 aliphatic heterocycles. The van der Waals surface area contributed by atoms with Gasteiger partial charge in [-0.1, -0.05) is 6.07 Å². The van der Waals surface area contributed by atoms with Crippen LogP contribution in [0.2, 0.25) is 0 Å². The molecule has 0 unspecified atom stereocenters. The predicted molar refractivity (Wildman–Crippen MR) is 124 cm³/mol.